The molecule has 2 saturated heterocycles. The molecule has 3 rings (SSSR count). The molecule has 0 aliphatic carbocycles. The lowest BCUT2D eigenvalue weighted by atomic mass is 9.95. The number of rotatable bonds is 10. The first-order valence-electron chi connectivity index (χ1n) is 12.3. The third-order valence-corrected chi connectivity index (χ3v) is 6.43. The maximum absolute atomic E-state index is 13.0. The number of primary amides is 1. The number of aliphatic hydroxyl groups is 3. The van der Waals surface area contributed by atoms with Crippen LogP contribution in [0.25, 0.3) is 0 Å². The van der Waals surface area contributed by atoms with Gasteiger partial charge in [-0.1, -0.05) is 0 Å². The number of ether oxygens (including phenoxy) is 2. The quantitative estimate of drug-likeness (QED) is 0.123. The molecule has 0 bridgehead atoms. The summed E-state index contributed by atoms with van der Waals surface area (Å²) in [5, 5.41) is 44.6. The van der Waals surface area contributed by atoms with Crippen LogP contribution in [0.4, 0.5) is 4.79 Å². The molecule has 0 radical (unpaired) electrons. The summed E-state index contributed by atoms with van der Waals surface area (Å²) < 4.78 is 10.7. The number of guanidine groups is 1. The molecule has 0 saturated carbocycles. The molecule has 9 atom stereocenters. The van der Waals surface area contributed by atoms with Crippen LogP contribution >= 0.6 is 0 Å². The number of aliphatic imine (C=N–C) groups is 1. The molecule has 3 aliphatic rings. The number of nitrogens with two attached hydrogens (primary N) is 2. The summed E-state index contributed by atoms with van der Waals surface area (Å²) in [7, 11) is 0. The minimum atomic E-state index is -1.60. The fourth-order valence-corrected chi connectivity index (χ4v) is 4.68. The number of aliphatic hydroxyl groups excluding tert-OH is 3. The summed E-state index contributed by atoms with van der Waals surface area (Å²) in [5.74, 6) is -1.27. The Kier molecular flexibility index (Phi) is 10.0. The van der Waals surface area contributed by atoms with Crippen LogP contribution in [0.15, 0.2) is 4.99 Å². The second-order valence-electron chi connectivity index (χ2n) is 9.35. The van der Waals surface area contributed by atoms with Crippen molar-refractivity contribution in [2.24, 2.45) is 16.5 Å². The Bertz CT molecular complexity index is 921. The standard InChI is InChI=1S/C21H36N8O9/c1-8(31)25-9(3-2-4-22)5-12(33)26-15-16(34)17(38-20(23)36)11(7-30)37-19(15)29-21-27-13-10(32)6-24-18(35)14(13)28-21/h9-11,13-17,19,30,32,34H,2-7,22H2,1H3,(H2,23,36)(H,24,35)(H,25,31)(H,26,33)(H2,27,28,29)/t9-,10-,11-,13-,14-,15-,16+,17+,19-/m1/s1. The van der Waals surface area contributed by atoms with Crippen LogP contribution in [0, 0.1) is 0 Å². The fraction of sp³-hybridized carbons (Fsp3) is 0.762. The lowest BCUT2D eigenvalue weighted by Crippen LogP contribution is -2.70. The lowest BCUT2D eigenvalue weighted by molar-refractivity contribution is -0.198. The number of carbonyl (C=O) groups is 4. The SMILES string of the molecule is CC(=O)N[C@H](CCCN)CC(=O)N[C@@H]1[C@H](O)[C@@H](OC(N)=O)[C@@H](CO)O[C@H]1NC1=N[C@H]2C(=O)NC[C@@H](O)[C@H]2N1. The van der Waals surface area contributed by atoms with Gasteiger partial charge in [-0.2, -0.15) is 0 Å². The van der Waals surface area contributed by atoms with Gasteiger partial charge in [-0.3, -0.25) is 14.4 Å². The van der Waals surface area contributed by atoms with Gasteiger partial charge in [0, 0.05) is 25.9 Å². The normalized spacial score (nSPS) is 33.1. The average molecular weight is 545 g/mol. The van der Waals surface area contributed by atoms with Crippen molar-refractivity contribution < 1.29 is 44.0 Å². The molecule has 38 heavy (non-hydrogen) atoms. The van der Waals surface area contributed by atoms with Gasteiger partial charge in [-0.15, -0.1) is 0 Å². The van der Waals surface area contributed by atoms with Crippen LogP contribution in [0.3, 0.4) is 0 Å². The van der Waals surface area contributed by atoms with Gasteiger partial charge < -0.3 is 62.8 Å². The summed E-state index contributed by atoms with van der Waals surface area (Å²) >= 11 is 0. The van der Waals surface area contributed by atoms with E-state index in [0.29, 0.717) is 19.4 Å². The Labute approximate surface area is 218 Å². The van der Waals surface area contributed by atoms with Crippen molar-refractivity contribution in [2.75, 3.05) is 19.7 Å². The first-order valence-corrected chi connectivity index (χ1v) is 12.3. The average Bonchev–Trinajstić information content (AvgIpc) is 3.28. The van der Waals surface area contributed by atoms with Crippen molar-refractivity contribution in [1.29, 1.82) is 0 Å². The van der Waals surface area contributed by atoms with E-state index >= 15 is 0 Å². The molecular formula is C21H36N8O9. The first kappa shape index (κ1) is 29.3. The Balaban J connectivity index is 1.79. The molecule has 12 N–H and O–H groups in total. The van der Waals surface area contributed by atoms with Crippen molar-refractivity contribution in [3.8, 4) is 0 Å². The summed E-state index contributed by atoms with van der Waals surface area (Å²) in [4.78, 5) is 52.3. The Morgan fingerprint density at radius 2 is 2.05 bits per heavy atom. The van der Waals surface area contributed by atoms with E-state index in [1.54, 1.807) is 0 Å². The summed E-state index contributed by atoms with van der Waals surface area (Å²) in [6.07, 6.45) is -6.84. The maximum atomic E-state index is 13.0. The molecule has 0 unspecified atom stereocenters. The Morgan fingerprint density at radius 3 is 2.66 bits per heavy atom. The van der Waals surface area contributed by atoms with E-state index in [9.17, 15) is 34.5 Å². The van der Waals surface area contributed by atoms with Crippen molar-refractivity contribution in [3.63, 3.8) is 0 Å². The molecule has 2 fully saturated rings. The van der Waals surface area contributed by atoms with Gasteiger partial charge in [0.1, 0.15) is 18.2 Å². The number of nitrogens with zero attached hydrogens (tertiary/aromatic N) is 1. The molecule has 0 aromatic rings. The largest absolute Gasteiger partial charge is 0.441 e. The lowest BCUT2D eigenvalue weighted by Gasteiger charge is -2.44. The number of nitrogens with one attached hydrogen (secondary N) is 5. The number of piperidine rings is 1. The van der Waals surface area contributed by atoms with E-state index in [1.165, 1.54) is 6.92 Å². The first-order chi connectivity index (χ1) is 18.0. The zero-order valence-electron chi connectivity index (χ0n) is 20.8. The van der Waals surface area contributed by atoms with Gasteiger partial charge in [0.05, 0.1) is 18.8 Å². The van der Waals surface area contributed by atoms with Crippen molar-refractivity contribution in [3.05, 3.63) is 0 Å². The summed E-state index contributed by atoms with van der Waals surface area (Å²) in [6, 6.07) is -3.44. The Hall–Kier alpha value is -3.25. The van der Waals surface area contributed by atoms with Gasteiger partial charge in [0.15, 0.2) is 24.3 Å². The predicted octanol–water partition coefficient (Wildman–Crippen LogP) is -5.58. The van der Waals surface area contributed by atoms with Crippen LogP contribution in [0.5, 0.6) is 0 Å². The maximum Gasteiger partial charge on any atom is 0.404 e. The van der Waals surface area contributed by atoms with Gasteiger partial charge in [-0.05, 0) is 19.4 Å². The molecule has 0 aromatic heterocycles. The number of carbonyl (C=O) groups excluding carboxylic acids is 4. The van der Waals surface area contributed by atoms with E-state index in [2.05, 4.69) is 31.6 Å². The number of hydrogen-bond donors (Lipinski definition) is 10. The van der Waals surface area contributed by atoms with Crippen molar-refractivity contribution in [2.45, 2.75) is 81.0 Å². The third kappa shape index (κ3) is 7.19. The van der Waals surface area contributed by atoms with Gasteiger partial charge in [-0.25, -0.2) is 9.79 Å². The highest BCUT2D eigenvalue weighted by atomic mass is 16.6. The second-order valence-corrected chi connectivity index (χ2v) is 9.35. The molecule has 3 aliphatic heterocycles. The fourth-order valence-electron chi connectivity index (χ4n) is 4.68. The molecule has 0 aromatic carbocycles. The zero-order valence-corrected chi connectivity index (χ0v) is 20.8. The number of β-amino-alcohol motifs (C(OH)–C–C–N with tert-alkyl or cyclic N) is 1. The summed E-state index contributed by atoms with van der Waals surface area (Å²) in [6.45, 7) is 1.03. The van der Waals surface area contributed by atoms with Gasteiger partial charge in [0.2, 0.25) is 17.7 Å². The Morgan fingerprint density at radius 1 is 1.32 bits per heavy atom. The monoisotopic (exact) mass is 544 g/mol. The molecule has 0 spiro atoms. The van der Waals surface area contributed by atoms with Crippen molar-refractivity contribution in [1.82, 2.24) is 26.6 Å². The van der Waals surface area contributed by atoms with Crippen LogP contribution in [0.2, 0.25) is 0 Å². The topological polar surface area (TPSA) is 272 Å². The summed E-state index contributed by atoms with van der Waals surface area (Å²) in [5.41, 5.74) is 10.7. The third-order valence-electron chi connectivity index (χ3n) is 6.43. The smallest absolute Gasteiger partial charge is 0.404 e. The highest BCUT2D eigenvalue weighted by Gasteiger charge is 2.49. The number of amides is 4. The van der Waals surface area contributed by atoms with E-state index in [4.69, 9.17) is 20.9 Å². The van der Waals surface area contributed by atoms with Gasteiger partial charge in [0.25, 0.3) is 0 Å². The highest BCUT2D eigenvalue weighted by molar-refractivity contribution is 5.92. The van der Waals surface area contributed by atoms with Crippen LogP contribution in [-0.4, -0.2) is 120 Å². The van der Waals surface area contributed by atoms with Crippen LogP contribution < -0.4 is 38.1 Å². The van der Waals surface area contributed by atoms with E-state index in [-0.39, 0.29) is 24.8 Å². The van der Waals surface area contributed by atoms with Crippen LogP contribution in [0.1, 0.15) is 26.2 Å². The molecule has 3 heterocycles. The van der Waals surface area contributed by atoms with E-state index in [1.807, 2.05) is 0 Å². The minimum absolute atomic E-state index is 0.0332. The molecule has 214 valence electrons. The molecular weight excluding hydrogens is 508 g/mol. The van der Waals surface area contributed by atoms with E-state index < -0.39 is 79.3 Å². The zero-order chi connectivity index (χ0) is 28.0. The predicted molar refractivity (Wildman–Crippen MR) is 129 cm³/mol. The molecule has 4 amide bonds. The molecule has 17 heteroatoms. The van der Waals surface area contributed by atoms with Gasteiger partial charge >= 0.3 is 6.09 Å². The number of fused-ring (bicyclic) bond motifs is 1. The van der Waals surface area contributed by atoms with E-state index in [0.717, 1.165) is 0 Å². The minimum Gasteiger partial charge on any atom is -0.441 e. The highest BCUT2D eigenvalue weighted by Crippen LogP contribution is 2.24. The molecule has 17 nitrogen and oxygen atoms in total. The van der Waals surface area contributed by atoms with Crippen molar-refractivity contribution >= 4 is 29.8 Å². The second kappa shape index (κ2) is 13.0. The van der Waals surface area contributed by atoms with Crippen LogP contribution in [-0.2, 0) is 23.9 Å². The number of hydrogen-bond acceptors (Lipinski definition) is 13.